The van der Waals surface area contributed by atoms with Gasteiger partial charge in [-0.05, 0) is 6.92 Å². The third kappa shape index (κ3) is 6.94. The van der Waals surface area contributed by atoms with Crippen LogP contribution in [0.1, 0.15) is 6.92 Å². The summed E-state index contributed by atoms with van der Waals surface area (Å²) < 4.78 is 3.00. The number of hydrogen-bond acceptors (Lipinski definition) is 0. The Morgan fingerprint density at radius 2 is 1.24 bits per heavy atom. The fourth-order valence-corrected chi connectivity index (χ4v) is 4.58. The molecule has 0 aliphatic carbocycles. The van der Waals surface area contributed by atoms with Crippen LogP contribution in [0.5, 0.6) is 0 Å². The second kappa shape index (κ2) is 10.9. The molecule has 2 aromatic rings. The van der Waals surface area contributed by atoms with E-state index in [0.717, 1.165) is 0 Å². The minimum absolute atomic E-state index is 0.779. The van der Waals surface area contributed by atoms with E-state index in [2.05, 4.69) is 73.1 Å². The molecule has 0 aliphatic rings. The molecule has 1 radical (unpaired) electrons. The molecule has 0 saturated carbocycles. The Bertz CT molecular complexity index is 513. The number of rotatable bonds is 4. The van der Waals surface area contributed by atoms with E-state index < -0.39 is 13.9 Å². The summed E-state index contributed by atoms with van der Waals surface area (Å²) >= 11 is -0.779. The van der Waals surface area contributed by atoms with E-state index in [0.29, 0.717) is 0 Å². The van der Waals surface area contributed by atoms with Gasteiger partial charge in [-0.2, -0.15) is 0 Å². The van der Waals surface area contributed by atoms with Gasteiger partial charge >= 0.3 is 89.3 Å². The summed E-state index contributed by atoms with van der Waals surface area (Å²) in [5, 5.41) is 0. The standard InChI is InChI=1S/C13H13Se.C7H10/c1-14(12-8-4-2-5-9-12)13-10-6-3-7-11-13;1-3-5-7-6-4-2/h2-11H,1H3;3-7H,1H2,2H3/b;6-4-,7-5-. The molecule has 0 heterocycles. The summed E-state index contributed by atoms with van der Waals surface area (Å²) in [4.78, 5) is 0. The minimum atomic E-state index is -0.779. The Morgan fingerprint density at radius 1 is 0.762 bits per heavy atom. The molecule has 0 spiro atoms. The second-order valence-corrected chi connectivity index (χ2v) is 8.40. The average Bonchev–Trinajstić information content (AvgIpc) is 2.57. The van der Waals surface area contributed by atoms with Crippen molar-refractivity contribution in [3.63, 3.8) is 0 Å². The summed E-state index contributed by atoms with van der Waals surface area (Å²) in [7, 11) is 0. The molecule has 0 nitrogen and oxygen atoms in total. The first-order chi connectivity index (χ1) is 10.3. The molecule has 21 heavy (non-hydrogen) atoms. The zero-order valence-corrected chi connectivity index (χ0v) is 14.5. The molecule has 0 aliphatic heterocycles. The summed E-state index contributed by atoms with van der Waals surface area (Å²) in [6.07, 6.45) is 9.51. The van der Waals surface area contributed by atoms with Crippen LogP contribution in [-0.4, -0.2) is 13.9 Å². The molecule has 2 rings (SSSR count). The molecule has 0 aromatic heterocycles. The van der Waals surface area contributed by atoms with Crippen LogP contribution in [0.4, 0.5) is 0 Å². The van der Waals surface area contributed by atoms with Crippen LogP contribution in [0.3, 0.4) is 0 Å². The van der Waals surface area contributed by atoms with Gasteiger partial charge in [0.1, 0.15) is 0 Å². The van der Waals surface area contributed by atoms with Gasteiger partial charge in [-0.1, -0.05) is 37.0 Å². The van der Waals surface area contributed by atoms with Crippen molar-refractivity contribution >= 4 is 22.8 Å². The van der Waals surface area contributed by atoms with E-state index in [1.165, 1.54) is 8.92 Å². The van der Waals surface area contributed by atoms with Crippen LogP contribution in [0.25, 0.3) is 0 Å². The SMILES string of the molecule is C=C/C=C\C=C/C.C[Se](c1ccccc1)c1ccccc1. The van der Waals surface area contributed by atoms with Crippen molar-refractivity contribution in [1.29, 1.82) is 0 Å². The van der Waals surface area contributed by atoms with E-state index in [1.54, 1.807) is 6.08 Å². The van der Waals surface area contributed by atoms with Crippen LogP contribution in [0, 0.1) is 0 Å². The first kappa shape index (κ1) is 17.2. The maximum absolute atomic E-state index is 3.51. The molecule has 0 bridgehead atoms. The zero-order valence-electron chi connectivity index (χ0n) is 12.8. The summed E-state index contributed by atoms with van der Waals surface area (Å²) in [6, 6.07) is 21.6. The molecule has 0 saturated heterocycles. The van der Waals surface area contributed by atoms with Crippen LogP contribution >= 0.6 is 0 Å². The van der Waals surface area contributed by atoms with Gasteiger partial charge in [-0.25, -0.2) is 0 Å². The predicted molar refractivity (Wildman–Crippen MR) is 97.9 cm³/mol. The van der Waals surface area contributed by atoms with E-state index in [-0.39, 0.29) is 0 Å². The van der Waals surface area contributed by atoms with E-state index in [1.807, 2.05) is 31.2 Å². The fourth-order valence-electron chi connectivity index (χ4n) is 1.64. The third-order valence-corrected chi connectivity index (χ3v) is 6.85. The van der Waals surface area contributed by atoms with Crippen molar-refractivity contribution in [3.8, 4) is 0 Å². The fraction of sp³-hybridized carbons (Fsp3) is 0.100. The van der Waals surface area contributed by atoms with E-state index >= 15 is 0 Å². The monoisotopic (exact) mass is 343 g/mol. The van der Waals surface area contributed by atoms with Crippen LogP contribution in [-0.2, 0) is 0 Å². The second-order valence-electron chi connectivity index (χ2n) is 4.28. The Labute approximate surface area is 133 Å². The van der Waals surface area contributed by atoms with Crippen LogP contribution < -0.4 is 8.92 Å². The van der Waals surface area contributed by atoms with Gasteiger partial charge in [0.15, 0.2) is 0 Å². The van der Waals surface area contributed by atoms with Crippen molar-refractivity contribution in [2.45, 2.75) is 12.7 Å². The topological polar surface area (TPSA) is 0 Å². The molecule has 0 atom stereocenters. The Kier molecular flexibility index (Phi) is 8.95. The van der Waals surface area contributed by atoms with Crippen molar-refractivity contribution in [3.05, 3.63) is 97.6 Å². The molecular formula is C20H23Se. The normalized spacial score (nSPS) is 10.6. The zero-order chi connectivity index (χ0) is 15.3. The first-order valence-corrected chi connectivity index (χ1v) is 10.4. The van der Waals surface area contributed by atoms with E-state index in [4.69, 9.17) is 0 Å². The van der Waals surface area contributed by atoms with Gasteiger partial charge in [-0.3, -0.25) is 0 Å². The van der Waals surface area contributed by atoms with Gasteiger partial charge in [-0.15, -0.1) is 0 Å². The molecule has 0 amide bonds. The van der Waals surface area contributed by atoms with Gasteiger partial charge in [0.05, 0.1) is 0 Å². The van der Waals surface area contributed by atoms with E-state index in [9.17, 15) is 0 Å². The third-order valence-electron chi connectivity index (χ3n) is 2.74. The number of benzene rings is 2. The van der Waals surface area contributed by atoms with Gasteiger partial charge in [0.2, 0.25) is 0 Å². The number of hydrogen-bond donors (Lipinski definition) is 0. The van der Waals surface area contributed by atoms with Crippen molar-refractivity contribution in [2.24, 2.45) is 0 Å². The van der Waals surface area contributed by atoms with Crippen molar-refractivity contribution in [2.75, 3.05) is 0 Å². The number of allylic oxidation sites excluding steroid dienone is 5. The predicted octanol–water partition coefficient (Wildman–Crippen LogP) is 4.23. The Morgan fingerprint density at radius 3 is 1.62 bits per heavy atom. The molecule has 1 heteroatoms. The van der Waals surface area contributed by atoms with Crippen molar-refractivity contribution in [1.82, 2.24) is 0 Å². The Hall–Kier alpha value is -1.82. The van der Waals surface area contributed by atoms with Gasteiger partial charge in [0.25, 0.3) is 0 Å². The van der Waals surface area contributed by atoms with Crippen LogP contribution in [0.2, 0.25) is 5.82 Å². The maximum atomic E-state index is 3.51. The molecule has 0 N–H and O–H groups in total. The molecular weight excluding hydrogens is 319 g/mol. The van der Waals surface area contributed by atoms with Gasteiger partial charge in [0, 0.05) is 0 Å². The summed E-state index contributed by atoms with van der Waals surface area (Å²) in [5.41, 5.74) is 0. The summed E-state index contributed by atoms with van der Waals surface area (Å²) in [5.74, 6) is 2.37. The molecule has 0 fully saturated rings. The molecule has 2 aromatic carbocycles. The molecule has 109 valence electrons. The van der Waals surface area contributed by atoms with Crippen molar-refractivity contribution < 1.29 is 0 Å². The average molecular weight is 342 g/mol. The summed E-state index contributed by atoms with van der Waals surface area (Å²) in [6.45, 7) is 5.49. The van der Waals surface area contributed by atoms with Gasteiger partial charge < -0.3 is 0 Å². The quantitative estimate of drug-likeness (QED) is 0.576. The first-order valence-electron chi connectivity index (χ1n) is 6.96. The molecule has 0 unspecified atom stereocenters. The van der Waals surface area contributed by atoms with Crippen LogP contribution in [0.15, 0.2) is 97.6 Å². The Balaban J connectivity index is 0.000000270.